The van der Waals surface area contributed by atoms with Gasteiger partial charge in [0, 0.05) is 6.04 Å². The lowest BCUT2D eigenvalue weighted by Crippen LogP contribution is -2.27. The van der Waals surface area contributed by atoms with E-state index in [0.29, 0.717) is 6.04 Å². The second-order valence-corrected chi connectivity index (χ2v) is 5.38. The summed E-state index contributed by atoms with van der Waals surface area (Å²) >= 11 is 0. The minimum Gasteiger partial charge on any atom is -0.388 e. The van der Waals surface area contributed by atoms with Crippen molar-refractivity contribution in [3.05, 3.63) is 34.4 Å². The standard InChI is InChI=1S/C16H27NO/c1-6-14(5)17-8-7-15(18)16-12(3)9-11(2)10-13(16)4/h9-10,14-15,17-18H,6-8H2,1-5H3. The molecule has 0 aromatic heterocycles. The molecule has 1 rings (SSSR count). The van der Waals surface area contributed by atoms with E-state index in [4.69, 9.17) is 0 Å². The third kappa shape index (κ3) is 4.11. The topological polar surface area (TPSA) is 32.3 Å². The third-order valence-corrected chi connectivity index (χ3v) is 3.59. The molecule has 102 valence electrons. The third-order valence-electron chi connectivity index (χ3n) is 3.59. The molecule has 1 aromatic carbocycles. The molecule has 0 amide bonds. The van der Waals surface area contributed by atoms with Crippen LogP contribution in [0.5, 0.6) is 0 Å². The van der Waals surface area contributed by atoms with Gasteiger partial charge in [-0.1, -0.05) is 24.6 Å². The predicted octanol–water partition coefficient (Wildman–Crippen LogP) is 3.42. The molecule has 2 unspecified atom stereocenters. The van der Waals surface area contributed by atoms with Gasteiger partial charge in [0.1, 0.15) is 0 Å². The first kappa shape index (κ1) is 15.2. The SMILES string of the molecule is CCC(C)NCCC(O)c1c(C)cc(C)cc1C. The monoisotopic (exact) mass is 249 g/mol. The molecule has 0 aliphatic heterocycles. The number of hydrogen-bond acceptors (Lipinski definition) is 2. The van der Waals surface area contributed by atoms with Crippen molar-refractivity contribution in [1.82, 2.24) is 5.32 Å². The molecule has 0 saturated carbocycles. The van der Waals surface area contributed by atoms with E-state index in [1.165, 1.54) is 16.7 Å². The molecule has 0 saturated heterocycles. The van der Waals surface area contributed by atoms with E-state index in [-0.39, 0.29) is 6.10 Å². The smallest absolute Gasteiger partial charge is 0.0807 e. The Hall–Kier alpha value is -0.860. The molecular formula is C16H27NO. The van der Waals surface area contributed by atoms with Crippen molar-refractivity contribution >= 4 is 0 Å². The van der Waals surface area contributed by atoms with Crippen LogP contribution in [-0.4, -0.2) is 17.7 Å². The molecule has 2 heteroatoms. The van der Waals surface area contributed by atoms with Crippen LogP contribution in [0.1, 0.15) is 55.0 Å². The number of benzene rings is 1. The van der Waals surface area contributed by atoms with Crippen molar-refractivity contribution in [2.24, 2.45) is 0 Å². The van der Waals surface area contributed by atoms with Crippen LogP contribution in [0.25, 0.3) is 0 Å². The minimum absolute atomic E-state index is 0.359. The van der Waals surface area contributed by atoms with Crippen molar-refractivity contribution in [2.45, 2.75) is 59.6 Å². The summed E-state index contributed by atoms with van der Waals surface area (Å²) in [5.41, 5.74) is 4.76. The van der Waals surface area contributed by atoms with Gasteiger partial charge in [0.15, 0.2) is 0 Å². The zero-order valence-corrected chi connectivity index (χ0v) is 12.4. The predicted molar refractivity (Wildman–Crippen MR) is 78.0 cm³/mol. The van der Waals surface area contributed by atoms with Gasteiger partial charge in [-0.2, -0.15) is 0 Å². The van der Waals surface area contributed by atoms with Gasteiger partial charge in [0.2, 0.25) is 0 Å². The first-order valence-corrected chi connectivity index (χ1v) is 6.94. The molecular weight excluding hydrogens is 222 g/mol. The van der Waals surface area contributed by atoms with Crippen LogP contribution in [0.15, 0.2) is 12.1 Å². The molecule has 0 radical (unpaired) electrons. The summed E-state index contributed by atoms with van der Waals surface area (Å²) in [5.74, 6) is 0. The Balaban J connectivity index is 2.64. The summed E-state index contributed by atoms with van der Waals surface area (Å²) in [6.45, 7) is 11.5. The van der Waals surface area contributed by atoms with E-state index in [1.807, 2.05) is 0 Å². The summed E-state index contributed by atoms with van der Waals surface area (Å²) in [4.78, 5) is 0. The fraction of sp³-hybridized carbons (Fsp3) is 0.625. The van der Waals surface area contributed by atoms with Crippen LogP contribution in [0.2, 0.25) is 0 Å². The van der Waals surface area contributed by atoms with Gasteiger partial charge >= 0.3 is 0 Å². The van der Waals surface area contributed by atoms with Gasteiger partial charge in [-0.15, -0.1) is 0 Å². The Kier molecular flexibility index (Phi) is 5.83. The summed E-state index contributed by atoms with van der Waals surface area (Å²) < 4.78 is 0. The van der Waals surface area contributed by atoms with Gasteiger partial charge < -0.3 is 10.4 Å². The first-order chi connectivity index (χ1) is 8.45. The number of rotatable bonds is 6. The summed E-state index contributed by atoms with van der Waals surface area (Å²) in [6, 6.07) is 4.82. The van der Waals surface area contributed by atoms with E-state index in [1.54, 1.807) is 0 Å². The number of aryl methyl sites for hydroxylation is 3. The average Bonchev–Trinajstić information content (AvgIpc) is 2.27. The Morgan fingerprint density at radius 3 is 2.22 bits per heavy atom. The summed E-state index contributed by atoms with van der Waals surface area (Å²) in [7, 11) is 0. The van der Waals surface area contributed by atoms with Gasteiger partial charge in [-0.05, 0) is 63.8 Å². The fourth-order valence-electron chi connectivity index (χ4n) is 2.47. The molecule has 1 aromatic rings. The number of aliphatic hydroxyl groups excluding tert-OH is 1. The van der Waals surface area contributed by atoms with Crippen LogP contribution in [0.3, 0.4) is 0 Å². The Bertz CT molecular complexity index is 364. The lowest BCUT2D eigenvalue weighted by atomic mass is 9.94. The number of aliphatic hydroxyl groups is 1. The molecule has 2 nitrogen and oxygen atoms in total. The highest BCUT2D eigenvalue weighted by Crippen LogP contribution is 2.25. The highest BCUT2D eigenvalue weighted by molar-refractivity contribution is 5.38. The largest absolute Gasteiger partial charge is 0.388 e. The number of hydrogen-bond donors (Lipinski definition) is 2. The average molecular weight is 249 g/mol. The van der Waals surface area contributed by atoms with Gasteiger partial charge in [0.05, 0.1) is 6.10 Å². The Morgan fingerprint density at radius 1 is 1.17 bits per heavy atom. The first-order valence-electron chi connectivity index (χ1n) is 6.94. The highest BCUT2D eigenvalue weighted by Gasteiger charge is 2.13. The molecule has 0 heterocycles. The number of nitrogens with one attached hydrogen (secondary N) is 1. The van der Waals surface area contributed by atoms with Crippen molar-refractivity contribution in [1.29, 1.82) is 0 Å². The van der Waals surface area contributed by atoms with Crippen molar-refractivity contribution in [3.8, 4) is 0 Å². The van der Waals surface area contributed by atoms with E-state index in [9.17, 15) is 5.11 Å². The maximum Gasteiger partial charge on any atom is 0.0807 e. The molecule has 0 aliphatic rings. The zero-order chi connectivity index (χ0) is 13.7. The minimum atomic E-state index is -0.359. The van der Waals surface area contributed by atoms with Crippen LogP contribution < -0.4 is 5.32 Å². The van der Waals surface area contributed by atoms with Gasteiger partial charge in [0.25, 0.3) is 0 Å². The van der Waals surface area contributed by atoms with Crippen LogP contribution in [0, 0.1) is 20.8 Å². The second-order valence-electron chi connectivity index (χ2n) is 5.38. The summed E-state index contributed by atoms with van der Waals surface area (Å²) in [6.07, 6.45) is 1.54. The summed E-state index contributed by atoms with van der Waals surface area (Å²) in [5, 5.41) is 13.7. The van der Waals surface area contributed by atoms with Crippen molar-refractivity contribution in [3.63, 3.8) is 0 Å². The van der Waals surface area contributed by atoms with Crippen molar-refractivity contribution < 1.29 is 5.11 Å². The molecule has 0 spiro atoms. The molecule has 0 fully saturated rings. The van der Waals surface area contributed by atoms with E-state index in [0.717, 1.165) is 24.9 Å². The lowest BCUT2D eigenvalue weighted by Gasteiger charge is -2.19. The van der Waals surface area contributed by atoms with Crippen molar-refractivity contribution in [2.75, 3.05) is 6.54 Å². The maximum absolute atomic E-state index is 10.3. The van der Waals surface area contributed by atoms with Crippen LogP contribution in [0.4, 0.5) is 0 Å². The fourth-order valence-corrected chi connectivity index (χ4v) is 2.47. The molecule has 2 N–H and O–H groups in total. The normalized spacial score (nSPS) is 14.6. The lowest BCUT2D eigenvalue weighted by molar-refractivity contribution is 0.164. The molecule has 0 bridgehead atoms. The molecule has 18 heavy (non-hydrogen) atoms. The highest BCUT2D eigenvalue weighted by atomic mass is 16.3. The van der Waals surface area contributed by atoms with Gasteiger partial charge in [-0.3, -0.25) is 0 Å². The zero-order valence-electron chi connectivity index (χ0n) is 12.4. The molecule has 2 atom stereocenters. The van der Waals surface area contributed by atoms with E-state index in [2.05, 4.69) is 52.1 Å². The maximum atomic E-state index is 10.3. The van der Waals surface area contributed by atoms with Gasteiger partial charge in [-0.25, -0.2) is 0 Å². The van der Waals surface area contributed by atoms with E-state index < -0.39 is 0 Å². The Labute approximate surface area is 111 Å². The second kappa shape index (κ2) is 6.91. The van der Waals surface area contributed by atoms with Crippen LogP contribution in [-0.2, 0) is 0 Å². The van der Waals surface area contributed by atoms with Crippen LogP contribution >= 0.6 is 0 Å². The Morgan fingerprint density at radius 2 is 1.72 bits per heavy atom. The van der Waals surface area contributed by atoms with E-state index >= 15 is 0 Å². The quantitative estimate of drug-likeness (QED) is 0.809. The molecule has 0 aliphatic carbocycles.